The Morgan fingerprint density at radius 3 is 2.11 bits per heavy atom. The first-order valence-corrected chi connectivity index (χ1v) is 8.53. The first-order valence-electron chi connectivity index (χ1n) is 4.84. The lowest BCUT2D eigenvalue weighted by Crippen LogP contribution is -2.01. The summed E-state index contributed by atoms with van der Waals surface area (Å²) in [5, 5.41) is 1.09. The van der Waals surface area contributed by atoms with Gasteiger partial charge < -0.3 is 0 Å². The summed E-state index contributed by atoms with van der Waals surface area (Å²) >= 11 is 6.62. The van der Waals surface area contributed by atoms with Gasteiger partial charge >= 0.3 is 0 Å². The van der Waals surface area contributed by atoms with Crippen LogP contribution in [0.25, 0.3) is 11.0 Å². The molecule has 2 rings (SSSR count). The van der Waals surface area contributed by atoms with Gasteiger partial charge in [0.05, 0.1) is 27.3 Å². The van der Waals surface area contributed by atoms with Crippen LogP contribution in [0.4, 0.5) is 0 Å². The molecule has 0 bridgehead atoms. The molecule has 0 saturated carbocycles. The minimum atomic E-state index is -4.22. The first kappa shape index (κ1) is 13.9. The van der Waals surface area contributed by atoms with Crippen molar-refractivity contribution in [3.63, 3.8) is 0 Å². The van der Waals surface area contributed by atoms with E-state index in [4.69, 9.17) is 4.55 Å². The summed E-state index contributed by atoms with van der Waals surface area (Å²) in [6, 6.07) is 4.13. The molecular formula is C10H8Br2N2O3S. The van der Waals surface area contributed by atoms with Crippen molar-refractivity contribution in [3.05, 3.63) is 29.6 Å². The summed E-state index contributed by atoms with van der Waals surface area (Å²) in [6.45, 7) is 0. The lowest BCUT2D eigenvalue weighted by atomic mass is 10.2. The van der Waals surface area contributed by atoms with Crippen LogP contribution in [0.3, 0.4) is 0 Å². The monoisotopic (exact) mass is 394 g/mol. The second-order valence-corrected chi connectivity index (χ2v) is 6.05. The number of benzene rings is 1. The molecule has 0 aliphatic heterocycles. The number of nitrogens with zero attached hydrogens (tertiary/aromatic N) is 2. The normalized spacial score (nSPS) is 11.9. The maximum Gasteiger partial charge on any atom is 0.294 e. The second kappa shape index (κ2) is 5.20. The van der Waals surface area contributed by atoms with E-state index in [0.717, 1.165) is 11.4 Å². The molecule has 0 radical (unpaired) electrons. The number of hydrogen-bond donors (Lipinski definition) is 1. The van der Waals surface area contributed by atoms with Crippen molar-refractivity contribution in [2.24, 2.45) is 0 Å². The van der Waals surface area contributed by atoms with Crippen molar-refractivity contribution in [1.29, 1.82) is 0 Å². The molecule has 5 nitrogen and oxygen atoms in total. The zero-order valence-corrected chi connectivity index (χ0v) is 13.0. The maximum absolute atomic E-state index is 11.0. The number of fused-ring (bicyclic) bond motifs is 1. The SMILES string of the molecule is O=S(=O)(O)c1ccc2nc(CBr)c(CBr)nc2c1. The highest BCUT2D eigenvalue weighted by molar-refractivity contribution is 9.09. The van der Waals surface area contributed by atoms with Gasteiger partial charge in [-0.2, -0.15) is 8.42 Å². The van der Waals surface area contributed by atoms with Gasteiger partial charge in [-0.3, -0.25) is 4.55 Å². The fraction of sp³-hybridized carbons (Fsp3) is 0.200. The Morgan fingerprint density at radius 1 is 1.06 bits per heavy atom. The number of rotatable bonds is 3. The van der Waals surface area contributed by atoms with Gasteiger partial charge in [-0.1, -0.05) is 31.9 Å². The Labute approximate surface area is 121 Å². The molecule has 2 aromatic rings. The molecule has 0 amide bonds. The average Bonchev–Trinajstić information content (AvgIpc) is 2.35. The average molecular weight is 396 g/mol. The molecule has 0 spiro atoms. The third kappa shape index (κ3) is 2.71. The molecule has 18 heavy (non-hydrogen) atoms. The lowest BCUT2D eigenvalue weighted by Gasteiger charge is -2.06. The van der Waals surface area contributed by atoms with Crippen LogP contribution in [0.15, 0.2) is 23.1 Å². The Balaban J connectivity index is 2.71. The van der Waals surface area contributed by atoms with E-state index in [9.17, 15) is 8.42 Å². The Morgan fingerprint density at radius 2 is 1.61 bits per heavy atom. The summed E-state index contributed by atoms with van der Waals surface area (Å²) in [4.78, 5) is 8.51. The second-order valence-electron chi connectivity index (χ2n) is 3.51. The summed E-state index contributed by atoms with van der Waals surface area (Å²) in [5.41, 5.74) is 2.54. The van der Waals surface area contributed by atoms with E-state index in [2.05, 4.69) is 41.8 Å². The molecular weight excluding hydrogens is 388 g/mol. The predicted molar refractivity (Wildman–Crippen MR) is 74.6 cm³/mol. The van der Waals surface area contributed by atoms with Gasteiger partial charge in [0.2, 0.25) is 0 Å². The number of aromatic nitrogens is 2. The highest BCUT2D eigenvalue weighted by Crippen LogP contribution is 2.20. The molecule has 96 valence electrons. The molecule has 0 unspecified atom stereocenters. The first-order chi connectivity index (χ1) is 8.45. The van der Waals surface area contributed by atoms with Crippen LogP contribution < -0.4 is 0 Å². The largest absolute Gasteiger partial charge is 0.294 e. The molecule has 0 fully saturated rings. The van der Waals surface area contributed by atoms with Gasteiger partial charge in [0.15, 0.2) is 0 Å². The van der Waals surface area contributed by atoms with Crippen molar-refractivity contribution in [2.75, 3.05) is 0 Å². The highest BCUT2D eigenvalue weighted by atomic mass is 79.9. The van der Waals surface area contributed by atoms with E-state index in [-0.39, 0.29) is 4.90 Å². The molecule has 0 aliphatic rings. The van der Waals surface area contributed by atoms with E-state index in [1.54, 1.807) is 0 Å². The summed E-state index contributed by atoms with van der Waals surface area (Å²) in [6.07, 6.45) is 0. The number of alkyl halides is 2. The fourth-order valence-corrected chi connectivity index (χ4v) is 2.88. The Hall–Kier alpha value is -0.570. The van der Waals surface area contributed by atoms with E-state index >= 15 is 0 Å². The van der Waals surface area contributed by atoms with Crippen LogP contribution in [0.2, 0.25) is 0 Å². The van der Waals surface area contributed by atoms with Gasteiger partial charge in [-0.25, -0.2) is 9.97 Å². The van der Waals surface area contributed by atoms with Crippen molar-refractivity contribution in [3.8, 4) is 0 Å². The van der Waals surface area contributed by atoms with E-state index in [1.165, 1.54) is 18.2 Å². The van der Waals surface area contributed by atoms with Gasteiger partial charge in [0.1, 0.15) is 0 Å². The predicted octanol–water partition coefficient (Wildman–Crippen LogP) is 2.67. The van der Waals surface area contributed by atoms with Crippen LogP contribution in [0.5, 0.6) is 0 Å². The third-order valence-corrected chi connectivity index (χ3v) is 4.25. The quantitative estimate of drug-likeness (QED) is 0.638. The minimum absolute atomic E-state index is 0.184. The number of halogens is 2. The van der Waals surface area contributed by atoms with Gasteiger partial charge in [0, 0.05) is 10.7 Å². The van der Waals surface area contributed by atoms with Crippen LogP contribution in [0.1, 0.15) is 11.4 Å². The molecule has 1 aromatic heterocycles. The van der Waals surface area contributed by atoms with Gasteiger partial charge in [0.25, 0.3) is 10.1 Å². The van der Waals surface area contributed by atoms with Crippen LogP contribution in [-0.4, -0.2) is 22.9 Å². The van der Waals surface area contributed by atoms with Crippen molar-refractivity contribution in [1.82, 2.24) is 9.97 Å². The van der Waals surface area contributed by atoms with E-state index in [0.29, 0.717) is 21.7 Å². The maximum atomic E-state index is 11.0. The smallest absolute Gasteiger partial charge is 0.282 e. The summed E-state index contributed by atoms with van der Waals surface area (Å²) in [5.74, 6) is 0. The van der Waals surface area contributed by atoms with Crippen LogP contribution >= 0.6 is 31.9 Å². The van der Waals surface area contributed by atoms with Crippen LogP contribution in [0, 0.1) is 0 Å². The van der Waals surface area contributed by atoms with Crippen LogP contribution in [-0.2, 0) is 20.8 Å². The molecule has 1 aromatic carbocycles. The van der Waals surface area contributed by atoms with E-state index < -0.39 is 10.1 Å². The minimum Gasteiger partial charge on any atom is -0.282 e. The summed E-state index contributed by atoms with van der Waals surface area (Å²) in [7, 11) is -4.22. The highest BCUT2D eigenvalue weighted by Gasteiger charge is 2.12. The molecule has 0 saturated heterocycles. The van der Waals surface area contributed by atoms with Gasteiger partial charge in [-0.15, -0.1) is 0 Å². The number of hydrogen-bond acceptors (Lipinski definition) is 4. The third-order valence-electron chi connectivity index (χ3n) is 2.34. The fourth-order valence-electron chi connectivity index (χ4n) is 1.48. The standard InChI is InChI=1S/C10H8Br2N2O3S/c11-4-9-10(5-12)14-8-3-6(18(15,16)17)1-2-7(8)13-9/h1-3H,4-5H2,(H,15,16,17). The Kier molecular flexibility index (Phi) is 4.00. The zero-order chi connectivity index (χ0) is 13.3. The lowest BCUT2D eigenvalue weighted by molar-refractivity contribution is 0.483. The van der Waals surface area contributed by atoms with Crippen molar-refractivity contribution < 1.29 is 13.0 Å². The molecule has 1 heterocycles. The molecule has 1 N–H and O–H groups in total. The molecule has 0 atom stereocenters. The van der Waals surface area contributed by atoms with Crippen molar-refractivity contribution >= 4 is 53.0 Å². The molecule has 0 aliphatic carbocycles. The Bertz CT molecular complexity index is 704. The van der Waals surface area contributed by atoms with Gasteiger partial charge in [-0.05, 0) is 18.2 Å². The zero-order valence-electron chi connectivity index (χ0n) is 8.97. The van der Waals surface area contributed by atoms with Crippen molar-refractivity contribution in [2.45, 2.75) is 15.6 Å². The topological polar surface area (TPSA) is 80.2 Å². The molecule has 8 heteroatoms. The summed E-state index contributed by atoms with van der Waals surface area (Å²) < 4.78 is 31.1. The van der Waals surface area contributed by atoms with E-state index in [1.807, 2.05) is 0 Å².